The van der Waals surface area contributed by atoms with Crippen LogP contribution in [0.5, 0.6) is 0 Å². The van der Waals surface area contributed by atoms with Gasteiger partial charge in [0.25, 0.3) is 5.09 Å². The lowest BCUT2D eigenvalue weighted by atomic mass is 10.1. The molecule has 0 radical (unpaired) electrons. The third kappa shape index (κ3) is 2.80. The van der Waals surface area contributed by atoms with Gasteiger partial charge in [-0.05, 0) is 12.1 Å². The van der Waals surface area contributed by atoms with E-state index in [-0.39, 0.29) is 23.4 Å². The molecular formula is C12H12N2O7S. The normalized spacial score (nSPS) is 29.8. The number of aromatic amines is 1. The zero-order valence-electron chi connectivity index (χ0n) is 11.2. The molecule has 2 aliphatic heterocycles. The Hall–Kier alpha value is -2.04. The molecule has 0 amide bonds. The van der Waals surface area contributed by atoms with E-state index in [0.29, 0.717) is 0 Å². The van der Waals surface area contributed by atoms with Gasteiger partial charge in [-0.15, -0.1) is 10.1 Å². The van der Waals surface area contributed by atoms with Gasteiger partial charge in [-0.1, -0.05) is 12.2 Å². The lowest BCUT2D eigenvalue weighted by Crippen LogP contribution is -2.35. The molecule has 0 aliphatic carbocycles. The van der Waals surface area contributed by atoms with Crippen molar-refractivity contribution in [3.8, 4) is 0 Å². The van der Waals surface area contributed by atoms with Crippen molar-refractivity contribution >= 4 is 18.2 Å². The molecule has 2 fully saturated rings. The van der Waals surface area contributed by atoms with Crippen molar-refractivity contribution < 1.29 is 28.9 Å². The molecule has 118 valence electrons. The first-order chi connectivity index (χ1) is 10.6. The van der Waals surface area contributed by atoms with Gasteiger partial charge in [-0.2, -0.15) is 0 Å². The standard InChI is InChI=1S/C12H12N2O7S/c15-12(6-2-1-3-13-11(6)22)20-7-4-18-10-8(21-14(16)17)5-19-9(7)10/h1-3,7-10H,4-5H2,(H,13,22). The second-order valence-electron chi connectivity index (χ2n) is 4.82. The molecule has 3 rings (SSSR count). The number of rotatable bonds is 4. The minimum Gasteiger partial charge on any atom is -0.453 e. The van der Waals surface area contributed by atoms with E-state index in [4.69, 9.17) is 26.4 Å². The average molecular weight is 328 g/mol. The van der Waals surface area contributed by atoms with Gasteiger partial charge in [0.1, 0.15) is 16.8 Å². The summed E-state index contributed by atoms with van der Waals surface area (Å²) in [5.41, 5.74) is 0.233. The maximum absolute atomic E-state index is 12.1. The number of hydrogen-bond acceptors (Lipinski definition) is 8. The Labute approximate surface area is 129 Å². The second kappa shape index (κ2) is 5.99. The fourth-order valence-corrected chi connectivity index (χ4v) is 2.73. The van der Waals surface area contributed by atoms with Gasteiger partial charge in [0.2, 0.25) is 0 Å². The highest BCUT2D eigenvalue weighted by molar-refractivity contribution is 7.71. The number of hydrogen-bond donors (Lipinski definition) is 1. The first-order valence-electron chi connectivity index (χ1n) is 6.49. The van der Waals surface area contributed by atoms with Crippen molar-refractivity contribution in [3.05, 3.63) is 38.6 Å². The van der Waals surface area contributed by atoms with Crippen molar-refractivity contribution in [1.29, 1.82) is 0 Å². The Balaban J connectivity index is 1.66. The number of nitrogens with zero attached hydrogens (tertiary/aromatic N) is 1. The minimum atomic E-state index is -0.887. The van der Waals surface area contributed by atoms with Crippen LogP contribution in [0.25, 0.3) is 0 Å². The number of esters is 1. The lowest BCUT2D eigenvalue weighted by molar-refractivity contribution is -0.769. The molecule has 2 aliphatic rings. The summed E-state index contributed by atoms with van der Waals surface area (Å²) in [4.78, 5) is 29.7. The number of ether oxygens (including phenoxy) is 3. The van der Waals surface area contributed by atoms with Crippen molar-refractivity contribution in [1.82, 2.24) is 4.98 Å². The number of carbonyl (C=O) groups is 1. The van der Waals surface area contributed by atoms with E-state index in [9.17, 15) is 14.9 Å². The molecule has 3 heterocycles. The van der Waals surface area contributed by atoms with Crippen LogP contribution in [-0.4, -0.2) is 53.7 Å². The number of H-pyrrole nitrogens is 1. The molecule has 0 saturated carbocycles. The zero-order valence-corrected chi connectivity index (χ0v) is 12.0. The summed E-state index contributed by atoms with van der Waals surface area (Å²) in [7, 11) is 0. The summed E-state index contributed by atoms with van der Waals surface area (Å²) in [5.74, 6) is -0.599. The molecule has 0 bridgehead atoms. The highest BCUT2D eigenvalue weighted by Crippen LogP contribution is 2.31. The largest absolute Gasteiger partial charge is 0.453 e. The van der Waals surface area contributed by atoms with Gasteiger partial charge >= 0.3 is 5.97 Å². The van der Waals surface area contributed by atoms with E-state index < -0.39 is 35.5 Å². The zero-order chi connectivity index (χ0) is 15.7. The first-order valence-corrected chi connectivity index (χ1v) is 6.90. The van der Waals surface area contributed by atoms with Gasteiger partial charge in [-0.25, -0.2) is 4.79 Å². The van der Waals surface area contributed by atoms with Crippen LogP contribution >= 0.6 is 12.2 Å². The SMILES string of the molecule is O=C(OC1COC2C(O[N+](=O)[O-])COC12)c1ccc[nH]c1=S. The fourth-order valence-electron chi connectivity index (χ4n) is 2.51. The number of fused-ring (bicyclic) bond motifs is 1. The van der Waals surface area contributed by atoms with Crippen LogP contribution in [0.4, 0.5) is 0 Å². The van der Waals surface area contributed by atoms with Crippen molar-refractivity contribution in [3.63, 3.8) is 0 Å². The van der Waals surface area contributed by atoms with E-state index in [0.717, 1.165) is 0 Å². The van der Waals surface area contributed by atoms with E-state index in [1.165, 1.54) is 0 Å². The molecule has 4 unspecified atom stereocenters. The number of pyridine rings is 1. The summed E-state index contributed by atoms with van der Waals surface area (Å²) in [6, 6.07) is 3.18. The minimum absolute atomic E-state index is 0.00969. The molecule has 22 heavy (non-hydrogen) atoms. The van der Waals surface area contributed by atoms with Crippen LogP contribution < -0.4 is 0 Å². The molecular weight excluding hydrogens is 316 g/mol. The van der Waals surface area contributed by atoms with E-state index in [1.54, 1.807) is 18.3 Å². The smallest absolute Gasteiger partial charge is 0.341 e. The van der Waals surface area contributed by atoms with Crippen molar-refractivity contribution in [2.45, 2.75) is 24.4 Å². The summed E-state index contributed by atoms with van der Waals surface area (Å²) in [5, 5.41) is 9.51. The Bertz CT molecular complexity index is 648. The predicted octanol–water partition coefficient (Wildman–Crippen LogP) is 0.644. The summed E-state index contributed by atoms with van der Waals surface area (Å²) < 4.78 is 16.4. The quantitative estimate of drug-likeness (QED) is 0.371. The van der Waals surface area contributed by atoms with Crippen LogP contribution in [0.3, 0.4) is 0 Å². The van der Waals surface area contributed by atoms with E-state index in [1.807, 2.05) is 0 Å². The predicted molar refractivity (Wildman–Crippen MR) is 72.2 cm³/mol. The summed E-state index contributed by atoms with van der Waals surface area (Å²) in [6.07, 6.45) is -1.09. The lowest BCUT2D eigenvalue weighted by Gasteiger charge is -2.16. The molecule has 0 aromatic carbocycles. The monoisotopic (exact) mass is 328 g/mol. The maximum atomic E-state index is 12.1. The van der Waals surface area contributed by atoms with Crippen molar-refractivity contribution in [2.24, 2.45) is 0 Å². The fraction of sp³-hybridized carbons (Fsp3) is 0.500. The molecule has 1 N–H and O–H groups in total. The Morgan fingerprint density at radius 1 is 1.36 bits per heavy atom. The molecule has 4 atom stereocenters. The van der Waals surface area contributed by atoms with Gasteiger partial charge in [0, 0.05) is 6.20 Å². The molecule has 1 aromatic rings. The number of carbonyl (C=O) groups excluding carboxylic acids is 1. The van der Waals surface area contributed by atoms with Gasteiger partial charge in [-0.3, -0.25) is 0 Å². The van der Waals surface area contributed by atoms with E-state index >= 15 is 0 Å². The second-order valence-corrected chi connectivity index (χ2v) is 5.23. The molecule has 10 heteroatoms. The van der Waals surface area contributed by atoms with Crippen LogP contribution in [0.2, 0.25) is 0 Å². The topological polar surface area (TPSA) is 113 Å². The maximum Gasteiger partial charge on any atom is 0.341 e. The Morgan fingerprint density at radius 2 is 2.05 bits per heavy atom. The molecule has 1 aromatic heterocycles. The third-order valence-corrected chi connectivity index (χ3v) is 3.82. The van der Waals surface area contributed by atoms with Crippen LogP contribution in [0.15, 0.2) is 18.3 Å². The highest BCUT2D eigenvalue weighted by atomic mass is 32.1. The first kappa shape index (κ1) is 14.9. The third-order valence-electron chi connectivity index (χ3n) is 3.48. The van der Waals surface area contributed by atoms with Crippen LogP contribution in [0, 0.1) is 14.8 Å². The average Bonchev–Trinajstić information content (AvgIpc) is 3.03. The van der Waals surface area contributed by atoms with Gasteiger partial charge in [0.05, 0.1) is 18.8 Å². The Morgan fingerprint density at radius 3 is 2.73 bits per heavy atom. The van der Waals surface area contributed by atoms with Gasteiger partial charge in [0.15, 0.2) is 12.2 Å². The molecule has 0 spiro atoms. The van der Waals surface area contributed by atoms with E-state index in [2.05, 4.69) is 9.82 Å². The Kier molecular flexibility index (Phi) is 4.05. The van der Waals surface area contributed by atoms with Crippen molar-refractivity contribution in [2.75, 3.05) is 13.2 Å². The van der Waals surface area contributed by atoms with Gasteiger partial charge < -0.3 is 24.0 Å². The van der Waals surface area contributed by atoms with Crippen LogP contribution in [0.1, 0.15) is 10.4 Å². The number of aromatic nitrogens is 1. The molecule has 9 nitrogen and oxygen atoms in total. The summed E-state index contributed by atoms with van der Waals surface area (Å²) >= 11 is 5.01. The molecule has 2 saturated heterocycles. The van der Waals surface area contributed by atoms with Crippen LogP contribution in [-0.2, 0) is 19.0 Å². The summed E-state index contributed by atoms with van der Waals surface area (Å²) in [6.45, 7) is 0.0950. The highest BCUT2D eigenvalue weighted by Gasteiger charge is 2.51. The number of nitrogens with one attached hydrogen (secondary N) is 1.